The van der Waals surface area contributed by atoms with E-state index in [2.05, 4.69) is 30.7 Å². The van der Waals surface area contributed by atoms with Gasteiger partial charge in [0, 0.05) is 0 Å². The highest BCUT2D eigenvalue weighted by Gasteiger charge is 1.92. The van der Waals surface area contributed by atoms with Crippen LogP contribution in [0.5, 0.6) is 0 Å². The second-order valence-corrected chi connectivity index (χ2v) is 4.07. The lowest BCUT2D eigenvalue weighted by Gasteiger charge is -2.01. The van der Waals surface area contributed by atoms with Crippen molar-refractivity contribution in [2.75, 3.05) is 0 Å². The molecule has 0 saturated carbocycles. The van der Waals surface area contributed by atoms with E-state index >= 15 is 0 Å². The SMILES string of the molecule is [CH]1CCCC/C=C\C=C\CCCCC1. The van der Waals surface area contributed by atoms with E-state index in [9.17, 15) is 0 Å². The van der Waals surface area contributed by atoms with E-state index in [1.807, 2.05) is 0 Å². The van der Waals surface area contributed by atoms with E-state index in [0.29, 0.717) is 0 Å². The van der Waals surface area contributed by atoms with Crippen LogP contribution < -0.4 is 0 Å². The van der Waals surface area contributed by atoms with Crippen molar-refractivity contribution in [1.82, 2.24) is 0 Å². The molecule has 14 heavy (non-hydrogen) atoms. The summed E-state index contributed by atoms with van der Waals surface area (Å²) in [6.07, 6.45) is 23.5. The van der Waals surface area contributed by atoms with Crippen molar-refractivity contribution >= 4 is 0 Å². The third-order valence-electron chi connectivity index (χ3n) is 2.69. The summed E-state index contributed by atoms with van der Waals surface area (Å²) in [6, 6.07) is 0. The summed E-state index contributed by atoms with van der Waals surface area (Å²) >= 11 is 0. The summed E-state index contributed by atoms with van der Waals surface area (Å²) in [5.74, 6) is 0. The number of rotatable bonds is 0. The molecule has 1 aliphatic carbocycles. The Balaban J connectivity index is 2.17. The van der Waals surface area contributed by atoms with Crippen LogP contribution in [0.2, 0.25) is 0 Å². The van der Waals surface area contributed by atoms with Crippen LogP contribution in [-0.4, -0.2) is 0 Å². The zero-order chi connectivity index (χ0) is 9.90. The van der Waals surface area contributed by atoms with Gasteiger partial charge in [0.05, 0.1) is 0 Å². The van der Waals surface area contributed by atoms with Crippen LogP contribution in [0.15, 0.2) is 24.3 Å². The lowest BCUT2D eigenvalue weighted by atomic mass is 10.1. The predicted octanol–water partition coefficient (Wildman–Crippen LogP) is 4.83. The molecule has 79 valence electrons. The minimum Gasteiger partial charge on any atom is -0.0845 e. The second kappa shape index (κ2) is 9.05. The minimum atomic E-state index is 1.25. The Labute approximate surface area is 89.1 Å². The Morgan fingerprint density at radius 2 is 1.00 bits per heavy atom. The van der Waals surface area contributed by atoms with Crippen LogP contribution in [0.1, 0.15) is 57.8 Å². The quantitative estimate of drug-likeness (QED) is 0.514. The van der Waals surface area contributed by atoms with Gasteiger partial charge in [-0.3, -0.25) is 0 Å². The number of allylic oxidation sites excluding steroid dienone is 4. The van der Waals surface area contributed by atoms with E-state index in [1.165, 1.54) is 57.8 Å². The van der Waals surface area contributed by atoms with E-state index in [0.717, 1.165) is 0 Å². The molecule has 0 spiro atoms. The molecule has 0 N–H and O–H groups in total. The molecule has 0 atom stereocenters. The highest BCUT2D eigenvalue weighted by Crippen LogP contribution is 2.10. The molecule has 0 amide bonds. The average molecular weight is 191 g/mol. The number of hydrogen-bond donors (Lipinski definition) is 0. The largest absolute Gasteiger partial charge is 0.0845 e. The standard InChI is InChI=1S/C14H23/c1-2-4-6-8-10-12-14-13-11-9-7-5-3-1/h1-4,13H,5-12,14H2/b3-1-,4-2+. The third-order valence-corrected chi connectivity index (χ3v) is 2.69. The topological polar surface area (TPSA) is 0 Å². The Morgan fingerprint density at radius 3 is 1.71 bits per heavy atom. The summed E-state index contributed by atoms with van der Waals surface area (Å²) in [4.78, 5) is 0. The van der Waals surface area contributed by atoms with Gasteiger partial charge in [-0.05, 0) is 32.1 Å². The first-order chi connectivity index (χ1) is 7.00. The molecule has 0 aromatic carbocycles. The maximum atomic E-state index is 2.48. The monoisotopic (exact) mass is 191 g/mol. The van der Waals surface area contributed by atoms with Gasteiger partial charge in [0.15, 0.2) is 0 Å². The van der Waals surface area contributed by atoms with Gasteiger partial charge in [-0.15, -0.1) is 0 Å². The highest BCUT2D eigenvalue weighted by molar-refractivity contribution is 5.02. The molecule has 0 fully saturated rings. The van der Waals surface area contributed by atoms with Crippen molar-refractivity contribution in [2.24, 2.45) is 0 Å². The van der Waals surface area contributed by atoms with E-state index in [4.69, 9.17) is 0 Å². The maximum Gasteiger partial charge on any atom is -0.0348 e. The van der Waals surface area contributed by atoms with Crippen molar-refractivity contribution in [2.45, 2.75) is 57.8 Å². The molecule has 1 rings (SSSR count). The fraction of sp³-hybridized carbons (Fsp3) is 0.643. The highest BCUT2D eigenvalue weighted by atomic mass is 14.0. The zero-order valence-electron chi connectivity index (χ0n) is 9.25. The molecular formula is C14H23. The second-order valence-electron chi connectivity index (χ2n) is 4.07. The van der Waals surface area contributed by atoms with Gasteiger partial charge in [-0.1, -0.05) is 56.4 Å². The average Bonchev–Trinajstić information content (AvgIpc) is 2.22. The minimum absolute atomic E-state index is 1.25. The molecular weight excluding hydrogens is 168 g/mol. The Morgan fingerprint density at radius 1 is 0.500 bits per heavy atom. The molecule has 0 aromatic rings. The van der Waals surface area contributed by atoms with Gasteiger partial charge in [0.2, 0.25) is 0 Å². The van der Waals surface area contributed by atoms with Crippen molar-refractivity contribution in [3.05, 3.63) is 30.7 Å². The van der Waals surface area contributed by atoms with Gasteiger partial charge in [-0.25, -0.2) is 0 Å². The summed E-state index contributed by atoms with van der Waals surface area (Å²) < 4.78 is 0. The maximum absolute atomic E-state index is 2.48. The molecule has 0 aliphatic heterocycles. The van der Waals surface area contributed by atoms with Gasteiger partial charge < -0.3 is 0 Å². The van der Waals surface area contributed by atoms with Gasteiger partial charge in [0.25, 0.3) is 0 Å². The van der Waals surface area contributed by atoms with E-state index in [1.54, 1.807) is 0 Å². The third kappa shape index (κ3) is 6.94. The molecule has 0 bridgehead atoms. The van der Waals surface area contributed by atoms with Crippen LogP contribution >= 0.6 is 0 Å². The molecule has 0 heteroatoms. The van der Waals surface area contributed by atoms with Crippen LogP contribution in [0, 0.1) is 6.42 Å². The normalized spacial score (nSPS) is 26.3. The van der Waals surface area contributed by atoms with Crippen LogP contribution in [0.3, 0.4) is 0 Å². The summed E-state index contributed by atoms with van der Waals surface area (Å²) in [5.41, 5.74) is 0. The van der Waals surface area contributed by atoms with Crippen molar-refractivity contribution in [3.8, 4) is 0 Å². The first-order valence-electron chi connectivity index (χ1n) is 6.13. The van der Waals surface area contributed by atoms with E-state index < -0.39 is 0 Å². The molecule has 0 heterocycles. The van der Waals surface area contributed by atoms with Crippen molar-refractivity contribution < 1.29 is 0 Å². The van der Waals surface area contributed by atoms with Crippen LogP contribution in [0.4, 0.5) is 0 Å². The summed E-state index contributed by atoms with van der Waals surface area (Å²) in [5, 5.41) is 0. The van der Waals surface area contributed by atoms with Gasteiger partial charge in [0.1, 0.15) is 0 Å². The Kier molecular flexibility index (Phi) is 7.47. The lowest BCUT2D eigenvalue weighted by Crippen LogP contribution is -1.82. The van der Waals surface area contributed by atoms with E-state index in [-0.39, 0.29) is 0 Å². The van der Waals surface area contributed by atoms with Crippen LogP contribution in [0.25, 0.3) is 0 Å². The lowest BCUT2D eigenvalue weighted by molar-refractivity contribution is 0.648. The molecule has 0 aromatic heterocycles. The van der Waals surface area contributed by atoms with Crippen molar-refractivity contribution in [1.29, 1.82) is 0 Å². The molecule has 0 unspecified atom stereocenters. The zero-order valence-corrected chi connectivity index (χ0v) is 9.25. The molecule has 0 saturated heterocycles. The Hall–Kier alpha value is -0.520. The summed E-state index contributed by atoms with van der Waals surface area (Å²) in [7, 11) is 0. The Bertz CT molecular complexity index is 145. The smallest absolute Gasteiger partial charge is 0.0348 e. The first kappa shape index (κ1) is 11.6. The summed E-state index contributed by atoms with van der Waals surface area (Å²) in [6.45, 7) is 0. The molecule has 1 aliphatic rings. The molecule has 1 radical (unpaired) electrons. The first-order valence-corrected chi connectivity index (χ1v) is 6.13. The van der Waals surface area contributed by atoms with Gasteiger partial charge >= 0.3 is 0 Å². The fourth-order valence-electron chi connectivity index (χ4n) is 1.77. The predicted molar refractivity (Wildman–Crippen MR) is 64.1 cm³/mol. The fourth-order valence-corrected chi connectivity index (χ4v) is 1.77. The van der Waals surface area contributed by atoms with Crippen molar-refractivity contribution in [3.63, 3.8) is 0 Å². The van der Waals surface area contributed by atoms with Gasteiger partial charge in [-0.2, -0.15) is 0 Å². The molecule has 0 nitrogen and oxygen atoms in total. The van der Waals surface area contributed by atoms with Crippen LogP contribution in [-0.2, 0) is 0 Å². The number of hydrogen-bond acceptors (Lipinski definition) is 0.